The van der Waals surface area contributed by atoms with Crippen LogP contribution in [0, 0.1) is 0 Å². The van der Waals surface area contributed by atoms with E-state index < -0.39 is 0 Å². The van der Waals surface area contributed by atoms with Crippen molar-refractivity contribution in [1.82, 2.24) is 0 Å². The molecule has 1 aliphatic rings. The Hall–Kier alpha value is -0.150. The molecule has 1 aliphatic heterocycles. The minimum absolute atomic E-state index is 0.0925. The van der Waals surface area contributed by atoms with E-state index in [2.05, 4.69) is 6.92 Å². The van der Waals surface area contributed by atoms with Crippen LogP contribution in [-0.2, 0) is 9.47 Å². The van der Waals surface area contributed by atoms with Gasteiger partial charge in [0.05, 0.1) is 0 Å². The van der Waals surface area contributed by atoms with Crippen molar-refractivity contribution in [3.8, 4) is 0 Å². The van der Waals surface area contributed by atoms with Gasteiger partial charge in [0.2, 0.25) is 0 Å². The van der Waals surface area contributed by atoms with Gasteiger partial charge in [-0.1, -0.05) is 19.8 Å². The highest BCUT2D eigenvalue weighted by atomic mass is 32.1. The van der Waals surface area contributed by atoms with Crippen molar-refractivity contribution in [2.75, 3.05) is 6.79 Å². The quantitative estimate of drug-likeness (QED) is 0.587. The molecule has 10 heavy (non-hydrogen) atoms. The van der Waals surface area contributed by atoms with Gasteiger partial charge >= 0.3 is 0 Å². The molecule has 0 bridgehead atoms. The average molecular weight is 160 g/mol. The Morgan fingerprint density at radius 2 is 2.50 bits per heavy atom. The maximum Gasteiger partial charge on any atom is 0.191 e. The molecule has 58 valence electrons. The first-order chi connectivity index (χ1) is 4.84. The fraction of sp³-hybridized carbons (Fsp3) is 0.857. The Morgan fingerprint density at radius 1 is 1.70 bits per heavy atom. The summed E-state index contributed by atoms with van der Waals surface area (Å²) in [5.74, 6) is 0. The van der Waals surface area contributed by atoms with E-state index in [1.54, 1.807) is 0 Å². The summed E-state index contributed by atoms with van der Waals surface area (Å²) in [7, 11) is 0. The van der Waals surface area contributed by atoms with E-state index in [9.17, 15) is 0 Å². The van der Waals surface area contributed by atoms with Crippen LogP contribution in [0.1, 0.15) is 26.2 Å². The molecule has 0 spiro atoms. The minimum Gasteiger partial charge on any atom is -0.458 e. The van der Waals surface area contributed by atoms with Gasteiger partial charge < -0.3 is 9.47 Å². The highest BCUT2D eigenvalue weighted by molar-refractivity contribution is 7.80. The van der Waals surface area contributed by atoms with Gasteiger partial charge in [-0.3, -0.25) is 0 Å². The van der Waals surface area contributed by atoms with Crippen molar-refractivity contribution in [3.63, 3.8) is 0 Å². The van der Waals surface area contributed by atoms with Crippen LogP contribution < -0.4 is 0 Å². The number of hydrogen-bond acceptors (Lipinski definition) is 3. The van der Waals surface area contributed by atoms with Crippen molar-refractivity contribution in [2.24, 2.45) is 0 Å². The topological polar surface area (TPSA) is 18.5 Å². The molecule has 1 fully saturated rings. The van der Waals surface area contributed by atoms with E-state index in [0.717, 1.165) is 12.8 Å². The normalized spacial score (nSPS) is 24.9. The maximum absolute atomic E-state index is 5.20. The molecule has 0 aromatic carbocycles. The molecule has 0 N–H and O–H groups in total. The van der Waals surface area contributed by atoms with Crippen molar-refractivity contribution in [3.05, 3.63) is 0 Å². The van der Waals surface area contributed by atoms with Crippen molar-refractivity contribution in [1.29, 1.82) is 0 Å². The van der Waals surface area contributed by atoms with Crippen molar-refractivity contribution < 1.29 is 9.47 Å². The molecule has 0 amide bonds. The molecular formula is C7H12O2S. The summed E-state index contributed by atoms with van der Waals surface area (Å²) < 4.78 is 10.2. The van der Waals surface area contributed by atoms with E-state index in [0.29, 0.717) is 11.8 Å². The van der Waals surface area contributed by atoms with Gasteiger partial charge in [0.15, 0.2) is 11.8 Å². The van der Waals surface area contributed by atoms with Crippen LogP contribution >= 0.6 is 12.2 Å². The van der Waals surface area contributed by atoms with Crippen LogP contribution in [0.15, 0.2) is 0 Å². The third kappa shape index (κ3) is 1.92. The second-order valence-corrected chi connectivity index (χ2v) is 2.78. The van der Waals surface area contributed by atoms with E-state index >= 15 is 0 Å². The SMILES string of the molecule is CCCCC1OCOC1=S. The monoisotopic (exact) mass is 160 g/mol. The van der Waals surface area contributed by atoms with Gasteiger partial charge in [-0.05, 0) is 18.6 Å². The van der Waals surface area contributed by atoms with E-state index in [-0.39, 0.29) is 6.10 Å². The van der Waals surface area contributed by atoms with E-state index in [1.807, 2.05) is 0 Å². The molecule has 1 saturated heterocycles. The van der Waals surface area contributed by atoms with E-state index in [4.69, 9.17) is 21.7 Å². The van der Waals surface area contributed by atoms with Crippen LogP contribution in [0.3, 0.4) is 0 Å². The van der Waals surface area contributed by atoms with Crippen LogP contribution in [0.5, 0.6) is 0 Å². The molecule has 1 heterocycles. The van der Waals surface area contributed by atoms with Crippen LogP contribution in [0.2, 0.25) is 0 Å². The van der Waals surface area contributed by atoms with Crippen molar-refractivity contribution in [2.45, 2.75) is 32.3 Å². The van der Waals surface area contributed by atoms with Gasteiger partial charge in [-0.2, -0.15) is 0 Å². The minimum atomic E-state index is 0.0925. The Kier molecular flexibility index (Phi) is 3.09. The zero-order valence-electron chi connectivity index (χ0n) is 6.13. The number of thiocarbonyl (C=S) groups is 1. The third-order valence-electron chi connectivity index (χ3n) is 1.55. The Bertz CT molecular complexity index is 125. The molecule has 0 radical (unpaired) electrons. The highest BCUT2D eigenvalue weighted by Gasteiger charge is 2.21. The first-order valence-corrected chi connectivity index (χ1v) is 4.03. The van der Waals surface area contributed by atoms with E-state index in [1.165, 1.54) is 6.42 Å². The fourth-order valence-corrected chi connectivity index (χ4v) is 1.16. The molecule has 3 heteroatoms. The van der Waals surface area contributed by atoms with Crippen LogP contribution in [-0.4, -0.2) is 17.9 Å². The summed E-state index contributed by atoms with van der Waals surface area (Å²) in [6, 6.07) is 0. The zero-order chi connectivity index (χ0) is 7.40. The lowest BCUT2D eigenvalue weighted by Gasteiger charge is -2.03. The first-order valence-electron chi connectivity index (χ1n) is 3.63. The molecule has 1 unspecified atom stereocenters. The second kappa shape index (κ2) is 3.88. The molecule has 1 atom stereocenters. The predicted octanol–water partition coefficient (Wildman–Crippen LogP) is 1.88. The zero-order valence-corrected chi connectivity index (χ0v) is 6.95. The lowest BCUT2D eigenvalue weighted by molar-refractivity contribution is 0.0481. The summed E-state index contributed by atoms with van der Waals surface area (Å²) in [5, 5.41) is 0.633. The number of hydrogen-bond donors (Lipinski definition) is 0. The summed E-state index contributed by atoms with van der Waals surface area (Å²) >= 11 is 4.91. The molecule has 0 aromatic heterocycles. The lowest BCUT2D eigenvalue weighted by Crippen LogP contribution is -2.13. The number of ether oxygens (including phenoxy) is 2. The Labute approximate surface area is 66.5 Å². The van der Waals surface area contributed by atoms with Gasteiger partial charge in [0.1, 0.15) is 6.10 Å². The van der Waals surface area contributed by atoms with Gasteiger partial charge in [0.25, 0.3) is 0 Å². The third-order valence-corrected chi connectivity index (χ3v) is 1.93. The van der Waals surface area contributed by atoms with Gasteiger partial charge in [-0.15, -0.1) is 0 Å². The van der Waals surface area contributed by atoms with Crippen LogP contribution in [0.25, 0.3) is 0 Å². The summed E-state index contributed by atoms with van der Waals surface area (Å²) in [4.78, 5) is 0. The smallest absolute Gasteiger partial charge is 0.191 e. The second-order valence-electron chi connectivity index (χ2n) is 2.38. The summed E-state index contributed by atoms with van der Waals surface area (Å²) in [6.45, 7) is 2.51. The molecule has 0 aliphatic carbocycles. The average Bonchev–Trinajstić information content (AvgIpc) is 2.31. The molecule has 0 aromatic rings. The number of unbranched alkanes of at least 4 members (excludes halogenated alkanes) is 1. The Morgan fingerprint density at radius 3 is 3.00 bits per heavy atom. The molecule has 0 saturated carbocycles. The van der Waals surface area contributed by atoms with Gasteiger partial charge in [-0.25, -0.2) is 0 Å². The van der Waals surface area contributed by atoms with Crippen molar-refractivity contribution >= 4 is 17.3 Å². The van der Waals surface area contributed by atoms with Gasteiger partial charge in [0, 0.05) is 0 Å². The standard InChI is InChI=1S/C7H12O2S/c1-2-3-4-6-7(10)9-5-8-6/h6H,2-5H2,1H3. The molecule has 2 nitrogen and oxygen atoms in total. The summed E-state index contributed by atoms with van der Waals surface area (Å²) in [5.41, 5.74) is 0. The highest BCUT2D eigenvalue weighted by Crippen LogP contribution is 2.13. The lowest BCUT2D eigenvalue weighted by atomic mass is 10.2. The molecule has 1 rings (SSSR count). The predicted molar refractivity (Wildman–Crippen MR) is 42.9 cm³/mol. The first kappa shape index (κ1) is 7.95. The number of rotatable bonds is 3. The molecular weight excluding hydrogens is 148 g/mol. The maximum atomic E-state index is 5.20. The summed E-state index contributed by atoms with van der Waals surface area (Å²) in [6.07, 6.45) is 3.45. The largest absolute Gasteiger partial charge is 0.458 e. The fourth-order valence-electron chi connectivity index (χ4n) is 0.926. The van der Waals surface area contributed by atoms with Crippen LogP contribution in [0.4, 0.5) is 0 Å². The Balaban J connectivity index is 2.20.